The molecule has 1 aliphatic rings. The van der Waals surface area contributed by atoms with Crippen molar-refractivity contribution in [3.8, 4) is 5.75 Å². The molecule has 6 nitrogen and oxygen atoms in total. The molecule has 0 heterocycles. The van der Waals surface area contributed by atoms with E-state index in [1.165, 1.54) is 12.8 Å². The summed E-state index contributed by atoms with van der Waals surface area (Å²) in [4.78, 5) is 23.8. The maximum atomic E-state index is 11.9. The van der Waals surface area contributed by atoms with E-state index >= 15 is 0 Å². The van der Waals surface area contributed by atoms with Crippen molar-refractivity contribution in [1.82, 2.24) is 10.7 Å². The number of aryl methyl sites for hydroxylation is 1. The zero-order valence-electron chi connectivity index (χ0n) is 14.9. The molecule has 2 rings (SSSR count). The summed E-state index contributed by atoms with van der Waals surface area (Å²) in [5.41, 5.74) is 3.97. The number of nitrogens with zero attached hydrogens (tertiary/aromatic N) is 1. The highest BCUT2D eigenvalue weighted by Gasteiger charge is 2.17. The summed E-state index contributed by atoms with van der Waals surface area (Å²) in [6.07, 6.45) is 4.60. The van der Waals surface area contributed by atoms with Gasteiger partial charge in [-0.1, -0.05) is 28.8 Å². The number of halogens is 2. The molecule has 0 bridgehead atoms. The van der Waals surface area contributed by atoms with Crippen molar-refractivity contribution in [3.05, 3.63) is 26.6 Å². The minimum Gasteiger partial charge on any atom is -0.483 e. The van der Waals surface area contributed by atoms with Gasteiger partial charge >= 0.3 is 0 Å². The van der Waals surface area contributed by atoms with Gasteiger partial charge in [0.25, 0.3) is 5.91 Å². The molecule has 1 aliphatic carbocycles. The van der Waals surface area contributed by atoms with Gasteiger partial charge in [-0.15, -0.1) is 0 Å². The Morgan fingerprint density at radius 1 is 1.19 bits per heavy atom. The molecule has 142 valence electrons. The third kappa shape index (κ3) is 6.72. The highest BCUT2D eigenvalue weighted by Crippen LogP contribution is 2.31. The fourth-order valence-corrected chi connectivity index (χ4v) is 3.80. The number of carbonyl (C=O) groups is 2. The average Bonchev–Trinajstić information content (AvgIpc) is 3.07. The molecule has 0 aliphatic heterocycles. The molecule has 0 spiro atoms. The summed E-state index contributed by atoms with van der Waals surface area (Å²) in [7, 11) is 0. The van der Waals surface area contributed by atoms with Crippen LogP contribution in [0.15, 0.2) is 26.2 Å². The highest BCUT2D eigenvalue weighted by molar-refractivity contribution is 9.11. The molecule has 1 saturated carbocycles. The Morgan fingerprint density at radius 2 is 1.88 bits per heavy atom. The maximum Gasteiger partial charge on any atom is 0.277 e. The van der Waals surface area contributed by atoms with Crippen molar-refractivity contribution in [1.29, 1.82) is 0 Å². The molecule has 0 unspecified atom stereocenters. The lowest BCUT2D eigenvalue weighted by atomic mass is 10.2. The Bertz CT molecular complexity index is 701. The summed E-state index contributed by atoms with van der Waals surface area (Å²) in [5, 5.41) is 6.96. The van der Waals surface area contributed by atoms with Gasteiger partial charge in [0, 0.05) is 16.2 Å². The van der Waals surface area contributed by atoms with Crippen LogP contribution in [0.1, 0.15) is 44.6 Å². The van der Waals surface area contributed by atoms with E-state index in [0.29, 0.717) is 11.5 Å². The van der Waals surface area contributed by atoms with Gasteiger partial charge in [-0.25, -0.2) is 5.43 Å². The Labute approximate surface area is 170 Å². The molecule has 1 aromatic rings. The predicted octanol–water partition coefficient (Wildman–Crippen LogP) is 3.84. The zero-order chi connectivity index (χ0) is 19.1. The molecule has 1 aromatic carbocycles. The molecule has 26 heavy (non-hydrogen) atoms. The second-order valence-corrected chi connectivity index (χ2v) is 8.14. The van der Waals surface area contributed by atoms with Crippen molar-refractivity contribution in [2.45, 2.75) is 52.0 Å². The van der Waals surface area contributed by atoms with Crippen LogP contribution in [0.2, 0.25) is 0 Å². The normalized spacial score (nSPS) is 15.0. The molecule has 0 atom stereocenters. The Hall–Kier alpha value is -1.41. The maximum absolute atomic E-state index is 11.9. The molecule has 0 aromatic heterocycles. The number of carbonyl (C=O) groups excluding carboxylic acids is 2. The van der Waals surface area contributed by atoms with E-state index in [4.69, 9.17) is 4.74 Å². The third-order valence-corrected chi connectivity index (χ3v) is 5.55. The monoisotopic (exact) mass is 487 g/mol. The lowest BCUT2D eigenvalue weighted by Gasteiger charge is -2.11. The van der Waals surface area contributed by atoms with Crippen LogP contribution in [-0.2, 0) is 9.59 Å². The summed E-state index contributed by atoms with van der Waals surface area (Å²) in [6.45, 7) is 3.49. The number of hydrazone groups is 1. The highest BCUT2D eigenvalue weighted by atomic mass is 79.9. The van der Waals surface area contributed by atoms with Gasteiger partial charge in [0.15, 0.2) is 6.61 Å². The van der Waals surface area contributed by atoms with E-state index in [2.05, 4.69) is 47.7 Å². The van der Waals surface area contributed by atoms with Crippen molar-refractivity contribution < 1.29 is 14.3 Å². The number of hydrogen-bond donors (Lipinski definition) is 2. The summed E-state index contributed by atoms with van der Waals surface area (Å²) in [6, 6.07) is 3.99. The smallest absolute Gasteiger partial charge is 0.277 e. The van der Waals surface area contributed by atoms with Gasteiger partial charge in [-0.05, 0) is 60.3 Å². The Balaban J connectivity index is 1.75. The molecule has 2 N–H and O–H groups in total. The number of rotatable bonds is 7. The molecule has 0 radical (unpaired) electrons. The van der Waals surface area contributed by atoms with Crippen LogP contribution in [0, 0.1) is 6.92 Å². The van der Waals surface area contributed by atoms with Crippen molar-refractivity contribution in [3.63, 3.8) is 0 Å². The van der Waals surface area contributed by atoms with Gasteiger partial charge in [-0.3, -0.25) is 9.59 Å². The number of nitrogens with one attached hydrogen (secondary N) is 2. The van der Waals surface area contributed by atoms with E-state index in [1.54, 1.807) is 6.92 Å². The zero-order valence-corrected chi connectivity index (χ0v) is 18.1. The fourth-order valence-electron chi connectivity index (χ4n) is 2.70. The second-order valence-electron chi connectivity index (χ2n) is 6.43. The van der Waals surface area contributed by atoms with Crippen LogP contribution in [0.5, 0.6) is 5.75 Å². The summed E-state index contributed by atoms with van der Waals surface area (Å²) in [5.74, 6) is 0.142. The van der Waals surface area contributed by atoms with Crippen LogP contribution in [0.4, 0.5) is 0 Å². The first kappa shape index (κ1) is 20.9. The SMILES string of the molecule is C/C(CC(=O)NC1CCCC1)=N/NC(=O)COc1cc(C)c(Br)cc1Br. The Kier molecular flexibility index (Phi) is 8.09. The Morgan fingerprint density at radius 3 is 2.58 bits per heavy atom. The number of ether oxygens (including phenoxy) is 1. The lowest BCUT2D eigenvalue weighted by Crippen LogP contribution is -2.34. The summed E-state index contributed by atoms with van der Waals surface area (Å²) < 4.78 is 7.22. The van der Waals surface area contributed by atoms with Crippen molar-refractivity contribution >= 4 is 49.4 Å². The second kappa shape index (κ2) is 10.1. The first-order valence-electron chi connectivity index (χ1n) is 8.55. The minimum atomic E-state index is -0.381. The van der Waals surface area contributed by atoms with E-state index in [9.17, 15) is 9.59 Å². The van der Waals surface area contributed by atoms with Gasteiger partial charge in [0.1, 0.15) is 5.75 Å². The van der Waals surface area contributed by atoms with Crippen LogP contribution < -0.4 is 15.5 Å². The molecular formula is C18H23Br2N3O3. The first-order valence-corrected chi connectivity index (χ1v) is 10.1. The number of hydrogen-bond acceptors (Lipinski definition) is 4. The van der Waals surface area contributed by atoms with E-state index in [-0.39, 0.29) is 30.9 Å². The molecule has 2 amide bonds. The number of benzene rings is 1. The van der Waals surface area contributed by atoms with Crippen molar-refractivity contribution in [2.24, 2.45) is 5.10 Å². The van der Waals surface area contributed by atoms with E-state index in [1.807, 2.05) is 19.1 Å². The van der Waals surface area contributed by atoms with Crippen LogP contribution in [0.3, 0.4) is 0 Å². The fraction of sp³-hybridized carbons (Fsp3) is 0.500. The predicted molar refractivity (Wildman–Crippen MR) is 108 cm³/mol. The van der Waals surface area contributed by atoms with Gasteiger partial charge in [0.05, 0.1) is 10.9 Å². The largest absolute Gasteiger partial charge is 0.483 e. The molecule has 0 saturated heterocycles. The molecule has 8 heteroatoms. The topological polar surface area (TPSA) is 79.8 Å². The van der Waals surface area contributed by atoms with Gasteiger partial charge in [-0.2, -0.15) is 5.10 Å². The van der Waals surface area contributed by atoms with E-state index in [0.717, 1.165) is 27.4 Å². The van der Waals surface area contributed by atoms with Gasteiger partial charge < -0.3 is 10.1 Å². The van der Waals surface area contributed by atoms with Gasteiger partial charge in [0.2, 0.25) is 5.91 Å². The molecule has 1 fully saturated rings. The average molecular weight is 489 g/mol. The minimum absolute atomic E-state index is 0.0575. The van der Waals surface area contributed by atoms with E-state index < -0.39 is 0 Å². The molecular weight excluding hydrogens is 466 g/mol. The lowest BCUT2D eigenvalue weighted by molar-refractivity contribution is -0.123. The van der Waals surface area contributed by atoms with Crippen molar-refractivity contribution in [2.75, 3.05) is 6.61 Å². The summed E-state index contributed by atoms with van der Waals surface area (Å²) >= 11 is 6.83. The number of amides is 2. The first-order chi connectivity index (χ1) is 12.3. The van der Waals surface area contributed by atoms with Crippen LogP contribution in [0.25, 0.3) is 0 Å². The van der Waals surface area contributed by atoms with Crippen LogP contribution >= 0.6 is 31.9 Å². The third-order valence-electron chi connectivity index (χ3n) is 4.08. The standard InChI is InChI=1S/C18H23Br2N3O3/c1-11-7-16(15(20)9-14(11)19)26-10-18(25)23-22-12(2)8-17(24)21-13-5-3-4-6-13/h7,9,13H,3-6,8,10H2,1-2H3,(H,21,24)(H,23,25)/b22-12-. The quantitative estimate of drug-likeness (QED) is 0.452. The van der Waals surface area contributed by atoms with Crippen LogP contribution in [-0.4, -0.2) is 30.2 Å².